The summed E-state index contributed by atoms with van der Waals surface area (Å²) in [5, 5.41) is 0. The van der Waals surface area contributed by atoms with Gasteiger partial charge in [-0.1, -0.05) is 87.5 Å². The van der Waals surface area contributed by atoms with Crippen molar-refractivity contribution in [3.63, 3.8) is 0 Å². The Morgan fingerprint density at radius 1 is 0.973 bits per heavy atom. The number of esters is 1. The van der Waals surface area contributed by atoms with Crippen LogP contribution in [0.3, 0.4) is 0 Å². The summed E-state index contributed by atoms with van der Waals surface area (Å²) in [7, 11) is 0. The van der Waals surface area contributed by atoms with E-state index in [0.717, 1.165) is 22.8 Å². The lowest BCUT2D eigenvalue weighted by Gasteiger charge is -2.35. The van der Waals surface area contributed by atoms with Gasteiger partial charge < -0.3 is 9.64 Å². The molecule has 1 heterocycles. The first-order valence-corrected chi connectivity index (χ1v) is 12.3. The van der Waals surface area contributed by atoms with Gasteiger partial charge in [0.1, 0.15) is 6.61 Å². The van der Waals surface area contributed by atoms with Crippen LogP contribution in [0.4, 0.5) is 8.78 Å². The Morgan fingerprint density at radius 2 is 1.65 bits per heavy atom. The van der Waals surface area contributed by atoms with Crippen molar-refractivity contribution in [2.24, 2.45) is 0 Å². The number of ether oxygens (including phenoxy) is 1. The van der Waals surface area contributed by atoms with E-state index < -0.39 is 23.5 Å². The molecule has 4 rings (SSSR count). The molecule has 0 radical (unpaired) electrons. The van der Waals surface area contributed by atoms with E-state index >= 15 is 0 Å². The second kappa shape index (κ2) is 10.7. The van der Waals surface area contributed by atoms with Crippen LogP contribution in [0.25, 0.3) is 0 Å². The molecule has 1 atom stereocenters. The number of carbonyl (C=O) groups excluding carboxylic acids is 2. The topological polar surface area (TPSA) is 46.6 Å². The third-order valence-electron chi connectivity index (χ3n) is 6.79. The van der Waals surface area contributed by atoms with Gasteiger partial charge in [0.05, 0.1) is 12.1 Å². The summed E-state index contributed by atoms with van der Waals surface area (Å²) < 4.78 is 33.9. The summed E-state index contributed by atoms with van der Waals surface area (Å²) in [6.45, 7) is 7.91. The molecule has 37 heavy (non-hydrogen) atoms. The van der Waals surface area contributed by atoms with E-state index in [1.54, 1.807) is 6.92 Å². The average Bonchev–Trinajstić information content (AvgIpc) is 2.87. The minimum absolute atomic E-state index is 0.0128. The Hall–Kier alpha value is -3.80. The zero-order chi connectivity index (χ0) is 26.7. The van der Waals surface area contributed by atoms with Crippen molar-refractivity contribution in [3.05, 3.63) is 118 Å². The van der Waals surface area contributed by atoms with Crippen molar-refractivity contribution in [1.82, 2.24) is 4.90 Å². The molecule has 0 spiro atoms. The lowest BCUT2D eigenvalue weighted by Crippen LogP contribution is -2.38. The van der Waals surface area contributed by atoms with Crippen LogP contribution in [0, 0.1) is 11.6 Å². The highest BCUT2D eigenvalue weighted by Gasteiger charge is 2.37. The normalized spacial score (nSPS) is 16.2. The Balaban J connectivity index is 1.71. The van der Waals surface area contributed by atoms with Crippen molar-refractivity contribution >= 4 is 11.9 Å². The highest BCUT2D eigenvalue weighted by Crippen LogP contribution is 2.38. The van der Waals surface area contributed by atoms with Crippen LogP contribution < -0.4 is 0 Å². The highest BCUT2D eigenvalue weighted by atomic mass is 19.2. The molecule has 0 aromatic heterocycles. The number of nitrogens with zero attached hydrogens (tertiary/aromatic N) is 1. The van der Waals surface area contributed by atoms with Crippen LogP contribution in [-0.2, 0) is 32.9 Å². The Morgan fingerprint density at radius 3 is 2.30 bits per heavy atom. The van der Waals surface area contributed by atoms with Crippen LogP contribution in [0.5, 0.6) is 0 Å². The first kappa shape index (κ1) is 26.3. The van der Waals surface area contributed by atoms with Crippen LogP contribution >= 0.6 is 0 Å². The molecule has 0 aliphatic carbocycles. The van der Waals surface area contributed by atoms with Crippen LogP contribution in [-0.4, -0.2) is 16.8 Å². The molecule has 4 nitrogen and oxygen atoms in total. The molecule has 0 N–H and O–H groups in total. The molecular weight excluding hydrogens is 472 g/mol. The molecule has 3 aromatic carbocycles. The second-order valence-electron chi connectivity index (χ2n) is 10.4. The lowest BCUT2D eigenvalue weighted by molar-refractivity contribution is -0.141. The van der Waals surface area contributed by atoms with Gasteiger partial charge in [0.15, 0.2) is 11.6 Å². The third kappa shape index (κ3) is 5.79. The van der Waals surface area contributed by atoms with E-state index in [0.29, 0.717) is 11.3 Å². The summed E-state index contributed by atoms with van der Waals surface area (Å²) in [6.07, 6.45) is 0.0128. The summed E-state index contributed by atoms with van der Waals surface area (Å²) in [4.78, 5) is 28.1. The Bertz CT molecular complexity index is 1320. The van der Waals surface area contributed by atoms with Crippen molar-refractivity contribution in [2.45, 2.75) is 58.6 Å². The monoisotopic (exact) mass is 503 g/mol. The van der Waals surface area contributed by atoms with Gasteiger partial charge in [0.25, 0.3) is 0 Å². The molecule has 1 amide bonds. The SMILES string of the molecule is CC1=C(C(=O)OCc2ccccc2)C(c2ccc(C(C)(C)C)cc2)CC(=O)N1Cc1cccc(F)c1F. The molecule has 192 valence electrons. The van der Waals surface area contributed by atoms with E-state index in [4.69, 9.17) is 4.74 Å². The van der Waals surface area contributed by atoms with Crippen LogP contribution in [0.1, 0.15) is 62.3 Å². The van der Waals surface area contributed by atoms with Crippen LogP contribution in [0.2, 0.25) is 0 Å². The molecule has 0 fully saturated rings. The minimum atomic E-state index is -1.00. The van der Waals surface area contributed by atoms with Gasteiger partial charge in [-0.3, -0.25) is 4.79 Å². The number of rotatable bonds is 6. The maximum Gasteiger partial charge on any atom is 0.336 e. The van der Waals surface area contributed by atoms with Gasteiger partial charge >= 0.3 is 5.97 Å². The highest BCUT2D eigenvalue weighted by molar-refractivity contribution is 5.95. The van der Waals surface area contributed by atoms with Gasteiger partial charge in [-0.05, 0) is 35.1 Å². The van der Waals surface area contributed by atoms with Crippen molar-refractivity contribution in [1.29, 1.82) is 0 Å². The number of benzene rings is 3. The predicted octanol–water partition coefficient (Wildman–Crippen LogP) is 6.80. The average molecular weight is 504 g/mol. The number of hydrogen-bond acceptors (Lipinski definition) is 3. The van der Waals surface area contributed by atoms with Gasteiger partial charge in [-0.25, -0.2) is 13.6 Å². The molecule has 3 aromatic rings. The fraction of sp³-hybridized carbons (Fsp3) is 0.290. The van der Waals surface area contributed by atoms with Crippen molar-refractivity contribution in [3.8, 4) is 0 Å². The summed E-state index contributed by atoms with van der Waals surface area (Å²) in [5.74, 6) is -3.31. The zero-order valence-electron chi connectivity index (χ0n) is 21.6. The molecule has 0 bridgehead atoms. The van der Waals surface area contributed by atoms with Gasteiger partial charge in [0, 0.05) is 23.6 Å². The molecule has 1 unspecified atom stereocenters. The first-order valence-electron chi connectivity index (χ1n) is 12.3. The molecule has 6 heteroatoms. The fourth-order valence-corrected chi connectivity index (χ4v) is 4.61. The smallest absolute Gasteiger partial charge is 0.336 e. The lowest BCUT2D eigenvalue weighted by atomic mass is 9.81. The molecular formula is C31H31F2NO3. The van der Waals surface area contributed by atoms with E-state index in [9.17, 15) is 18.4 Å². The van der Waals surface area contributed by atoms with Gasteiger partial charge in [0.2, 0.25) is 5.91 Å². The maximum absolute atomic E-state index is 14.4. The van der Waals surface area contributed by atoms with E-state index in [-0.39, 0.29) is 36.5 Å². The Kier molecular flexibility index (Phi) is 7.58. The first-order chi connectivity index (χ1) is 17.6. The summed E-state index contributed by atoms with van der Waals surface area (Å²) >= 11 is 0. The number of halogens is 2. The van der Waals surface area contributed by atoms with Crippen LogP contribution in [0.15, 0.2) is 84.1 Å². The van der Waals surface area contributed by atoms with Gasteiger partial charge in [-0.2, -0.15) is 0 Å². The molecule has 0 saturated carbocycles. The van der Waals surface area contributed by atoms with Crippen molar-refractivity contribution < 1.29 is 23.1 Å². The predicted molar refractivity (Wildman–Crippen MR) is 138 cm³/mol. The molecule has 1 aliphatic heterocycles. The largest absolute Gasteiger partial charge is 0.457 e. The third-order valence-corrected chi connectivity index (χ3v) is 6.79. The maximum atomic E-state index is 14.4. The zero-order valence-corrected chi connectivity index (χ0v) is 21.6. The van der Waals surface area contributed by atoms with Gasteiger partial charge in [-0.15, -0.1) is 0 Å². The second-order valence-corrected chi connectivity index (χ2v) is 10.4. The molecule has 0 saturated heterocycles. The van der Waals surface area contributed by atoms with E-state index in [1.165, 1.54) is 17.0 Å². The number of allylic oxidation sites excluding steroid dienone is 1. The number of hydrogen-bond donors (Lipinski definition) is 0. The summed E-state index contributed by atoms with van der Waals surface area (Å²) in [5.41, 5.74) is 3.51. The minimum Gasteiger partial charge on any atom is -0.457 e. The van der Waals surface area contributed by atoms with Crippen molar-refractivity contribution in [2.75, 3.05) is 0 Å². The number of carbonyl (C=O) groups is 2. The quantitative estimate of drug-likeness (QED) is 0.348. The summed E-state index contributed by atoms with van der Waals surface area (Å²) in [6, 6.07) is 21.1. The standard InChI is InChI=1S/C31H31F2NO3/c1-20-28(30(36)37-19-21-9-6-5-7-10-21)25(22-13-15-24(16-14-22)31(2,3)4)17-27(35)34(20)18-23-11-8-12-26(32)29(23)33/h5-16,25H,17-19H2,1-4H3. The van der Waals surface area contributed by atoms with E-state index in [1.807, 2.05) is 54.6 Å². The fourth-order valence-electron chi connectivity index (χ4n) is 4.61. The van der Waals surface area contributed by atoms with E-state index in [2.05, 4.69) is 20.8 Å². The number of amides is 1. The Labute approximate surface area is 216 Å². The molecule has 1 aliphatic rings.